The van der Waals surface area contributed by atoms with Crippen LogP contribution in [0.15, 0.2) is 36.4 Å². The minimum Gasteiger partial charge on any atom is -0.336 e. The van der Waals surface area contributed by atoms with Gasteiger partial charge in [0.25, 0.3) is 5.91 Å². The average Bonchev–Trinajstić information content (AvgIpc) is 2.71. The summed E-state index contributed by atoms with van der Waals surface area (Å²) in [6, 6.07) is 11.6. The minimum absolute atomic E-state index is 0.291. The van der Waals surface area contributed by atoms with E-state index in [9.17, 15) is 13.6 Å². The Labute approximate surface area is 158 Å². The number of carbonyl (C=O) groups excluding carboxylic acids is 1. The Kier molecular flexibility index (Phi) is 4.96. The lowest BCUT2D eigenvalue weighted by Gasteiger charge is -2.41. The third-order valence-corrected chi connectivity index (χ3v) is 5.94. The van der Waals surface area contributed by atoms with Crippen LogP contribution in [0.25, 0.3) is 0 Å². The Bertz CT molecular complexity index is 859. The number of halogens is 2. The summed E-state index contributed by atoms with van der Waals surface area (Å²) < 4.78 is 28.3. The van der Waals surface area contributed by atoms with Crippen LogP contribution in [0.1, 0.15) is 33.5 Å². The number of aryl methyl sites for hydroxylation is 2. The van der Waals surface area contributed by atoms with Crippen LogP contribution in [0.5, 0.6) is 0 Å². The highest BCUT2D eigenvalue weighted by Gasteiger charge is 2.31. The van der Waals surface area contributed by atoms with Gasteiger partial charge in [-0.25, -0.2) is 8.78 Å². The first-order valence-electron chi connectivity index (χ1n) is 9.59. The summed E-state index contributed by atoms with van der Waals surface area (Å²) in [6.07, 6.45) is 3.23. The Balaban J connectivity index is 1.41. The first-order valence-corrected chi connectivity index (χ1v) is 9.59. The van der Waals surface area contributed by atoms with Gasteiger partial charge in [0.05, 0.1) is 0 Å². The molecule has 1 atom stereocenters. The molecule has 1 aliphatic carbocycles. The van der Waals surface area contributed by atoms with Gasteiger partial charge in [-0.05, 0) is 48.9 Å². The molecule has 4 rings (SSSR count). The zero-order valence-corrected chi connectivity index (χ0v) is 15.5. The lowest BCUT2D eigenvalue weighted by atomic mass is 9.87. The van der Waals surface area contributed by atoms with Crippen LogP contribution in [-0.4, -0.2) is 47.9 Å². The number of nitrogens with zero attached hydrogens (tertiary/aromatic N) is 2. The van der Waals surface area contributed by atoms with Gasteiger partial charge in [-0.15, -0.1) is 0 Å². The van der Waals surface area contributed by atoms with Crippen LogP contribution in [0, 0.1) is 18.6 Å². The molecule has 5 heteroatoms. The summed E-state index contributed by atoms with van der Waals surface area (Å²) in [5.74, 6) is -2.07. The van der Waals surface area contributed by atoms with Crippen molar-refractivity contribution in [1.29, 1.82) is 0 Å². The van der Waals surface area contributed by atoms with E-state index in [4.69, 9.17) is 0 Å². The summed E-state index contributed by atoms with van der Waals surface area (Å²) in [6.45, 7) is 4.04. The lowest BCUT2D eigenvalue weighted by molar-refractivity contribution is 0.0544. The molecule has 0 radical (unpaired) electrons. The van der Waals surface area contributed by atoms with E-state index in [2.05, 4.69) is 29.2 Å². The first kappa shape index (κ1) is 18.1. The van der Waals surface area contributed by atoms with Gasteiger partial charge in [-0.1, -0.05) is 30.3 Å². The molecular formula is C22H24F2N2O. The smallest absolute Gasteiger partial charge is 0.259 e. The van der Waals surface area contributed by atoms with Crippen LogP contribution >= 0.6 is 0 Å². The molecule has 0 unspecified atom stereocenters. The number of piperazine rings is 1. The van der Waals surface area contributed by atoms with Crippen molar-refractivity contribution in [2.75, 3.05) is 26.2 Å². The second-order valence-corrected chi connectivity index (χ2v) is 7.55. The van der Waals surface area contributed by atoms with Gasteiger partial charge in [-0.2, -0.15) is 0 Å². The maximum absolute atomic E-state index is 14.3. The van der Waals surface area contributed by atoms with Crippen molar-refractivity contribution < 1.29 is 13.6 Å². The number of benzene rings is 2. The number of amides is 1. The van der Waals surface area contributed by atoms with Crippen molar-refractivity contribution in [2.24, 2.45) is 0 Å². The van der Waals surface area contributed by atoms with Crippen LogP contribution in [0.4, 0.5) is 8.78 Å². The van der Waals surface area contributed by atoms with Crippen molar-refractivity contribution in [3.05, 3.63) is 70.3 Å². The molecule has 1 fully saturated rings. The topological polar surface area (TPSA) is 23.6 Å². The summed E-state index contributed by atoms with van der Waals surface area (Å²) >= 11 is 0. The zero-order valence-electron chi connectivity index (χ0n) is 15.5. The molecular weight excluding hydrogens is 346 g/mol. The van der Waals surface area contributed by atoms with E-state index in [0.29, 0.717) is 24.7 Å². The average molecular weight is 370 g/mol. The first-order chi connectivity index (χ1) is 13.0. The van der Waals surface area contributed by atoms with Crippen molar-refractivity contribution in [3.8, 4) is 0 Å². The molecule has 0 N–H and O–H groups in total. The van der Waals surface area contributed by atoms with E-state index in [1.807, 2.05) is 0 Å². The van der Waals surface area contributed by atoms with E-state index in [0.717, 1.165) is 32.4 Å². The summed E-state index contributed by atoms with van der Waals surface area (Å²) in [4.78, 5) is 16.7. The van der Waals surface area contributed by atoms with Gasteiger partial charge >= 0.3 is 0 Å². The molecule has 0 aromatic heterocycles. The van der Waals surface area contributed by atoms with E-state index >= 15 is 0 Å². The van der Waals surface area contributed by atoms with Gasteiger partial charge in [0.2, 0.25) is 0 Å². The Hall–Kier alpha value is -2.27. The molecule has 1 amide bonds. The Morgan fingerprint density at radius 1 is 1.00 bits per heavy atom. The number of rotatable bonds is 2. The Morgan fingerprint density at radius 2 is 1.70 bits per heavy atom. The number of hydrogen-bond donors (Lipinski definition) is 0. The van der Waals surface area contributed by atoms with Crippen LogP contribution in [0.2, 0.25) is 0 Å². The van der Waals surface area contributed by atoms with Gasteiger partial charge in [0, 0.05) is 32.2 Å². The SMILES string of the molecule is Cc1ccc(F)c(C(=O)N2CCN([C@H]3CCc4ccccc4C3)CC2)c1F. The number of carbonyl (C=O) groups is 1. The van der Waals surface area contributed by atoms with Crippen LogP contribution in [-0.2, 0) is 12.8 Å². The largest absolute Gasteiger partial charge is 0.336 e. The molecule has 142 valence electrons. The Morgan fingerprint density at radius 3 is 2.44 bits per heavy atom. The molecule has 2 aliphatic rings. The maximum Gasteiger partial charge on any atom is 0.259 e. The monoisotopic (exact) mass is 370 g/mol. The molecule has 27 heavy (non-hydrogen) atoms. The van der Waals surface area contributed by atoms with Crippen molar-refractivity contribution in [1.82, 2.24) is 9.80 Å². The van der Waals surface area contributed by atoms with E-state index < -0.39 is 23.1 Å². The van der Waals surface area contributed by atoms with Gasteiger partial charge in [-0.3, -0.25) is 9.69 Å². The van der Waals surface area contributed by atoms with Gasteiger partial charge in [0.1, 0.15) is 17.2 Å². The highest BCUT2D eigenvalue weighted by molar-refractivity contribution is 5.95. The van der Waals surface area contributed by atoms with E-state index in [1.165, 1.54) is 23.3 Å². The molecule has 2 aromatic carbocycles. The third kappa shape index (κ3) is 3.48. The molecule has 1 saturated heterocycles. The van der Waals surface area contributed by atoms with Crippen molar-refractivity contribution >= 4 is 5.91 Å². The van der Waals surface area contributed by atoms with Gasteiger partial charge in [0.15, 0.2) is 0 Å². The quantitative estimate of drug-likeness (QED) is 0.807. The van der Waals surface area contributed by atoms with Crippen LogP contribution in [0.3, 0.4) is 0 Å². The molecule has 0 saturated carbocycles. The van der Waals surface area contributed by atoms with Crippen molar-refractivity contribution in [3.63, 3.8) is 0 Å². The molecule has 2 aromatic rings. The fourth-order valence-corrected chi connectivity index (χ4v) is 4.29. The molecule has 1 aliphatic heterocycles. The zero-order chi connectivity index (χ0) is 19.0. The molecule has 3 nitrogen and oxygen atoms in total. The fraction of sp³-hybridized carbons (Fsp3) is 0.409. The second-order valence-electron chi connectivity index (χ2n) is 7.55. The predicted molar refractivity (Wildman–Crippen MR) is 101 cm³/mol. The summed E-state index contributed by atoms with van der Waals surface area (Å²) in [5.41, 5.74) is 2.72. The van der Waals surface area contributed by atoms with Crippen molar-refractivity contribution in [2.45, 2.75) is 32.2 Å². The standard InChI is InChI=1S/C22H24F2N2O/c1-15-6-9-19(23)20(21(15)24)22(27)26-12-10-25(11-13-26)18-8-7-16-4-2-3-5-17(16)14-18/h2-6,9,18H,7-8,10-14H2,1H3/t18-/m0/s1. The molecule has 1 heterocycles. The minimum atomic E-state index is -0.783. The van der Waals surface area contributed by atoms with Gasteiger partial charge < -0.3 is 4.90 Å². The maximum atomic E-state index is 14.3. The molecule has 0 spiro atoms. The van der Waals surface area contributed by atoms with E-state index in [-0.39, 0.29) is 0 Å². The molecule has 0 bridgehead atoms. The van der Waals surface area contributed by atoms with E-state index in [1.54, 1.807) is 11.8 Å². The number of hydrogen-bond acceptors (Lipinski definition) is 2. The highest BCUT2D eigenvalue weighted by Crippen LogP contribution is 2.26. The van der Waals surface area contributed by atoms with Crippen LogP contribution < -0.4 is 0 Å². The second kappa shape index (κ2) is 7.39. The third-order valence-electron chi connectivity index (χ3n) is 5.94. The number of fused-ring (bicyclic) bond motifs is 1. The highest BCUT2D eigenvalue weighted by atomic mass is 19.1. The predicted octanol–water partition coefficient (Wildman–Crippen LogP) is 3.59. The summed E-state index contributed by atoms with van der Waals surface area (Å²) in [5, 5.41) is 0. The lowest BCUT2D eigenvalue weighted by Crippen LogP contribution is -2.53. The normalized spacial score (nSPS) is 20.4. The fourth-order valence-electron chi connectivity index (χ4n) is 4.29. The summed E-state index contributed by atoms with van der Waals surface area (Å²) in [7, 11) is 0.